The number of ether oxygens (including phenoxy) is 1. The maximum Gasteiger partial charge on any atom is 0.472 e. The second-order valence-corrected chi connectivity index (χ2v) is 22.6. The van der Waals surface area contributed by atoms with Crippen LogP contribution in [0.25, 0.3) is 0 Å². The number of amides is 1. The van der Waals surface area contributed by atoms with E-state index in [1.807, 2.05) is 33.3 Å². The maximum atomic E-state index is 13.5. The molecule has 0 aromatic rings. The summed E-state index contributed by atoms with van der Waals surface area (Å²) in [7, 11) is 1.47. The first-order valence-corrected chi connectivity index (χ1v) is 31.1. The van der Waals surface area contributed by atoms with E-state index < -0.39 is 20.0 Å². The van der Waals surface area contributed by atoms with Crippen LogP contribution in [0.1, 0.15) is 265 Å². The smallest absolute Gasteiger partial charge is 0.456 e. The Morgan fingerprint density at radius 1 is 0.493 bits per heavy atom. The first-order chi connectivity index (χ1) is 34.4. The summed E-state index contributed by atoms with van der Waals surface area (Å²) in [5.41, 5.74) is 0. The number of nitrogens with zero attached hydrogens (tertiary/aromatic N) is 1. The van der Waals surface area contributed by atoms with Gasteiger partial charge in [0.15, 0.2) is 0 Å². The van der Waals surface area contributed by atoms with Crippen LogP contribution in [0.4, 0.5) is 0 Å². The van der Waals surface area contributed by atoms with E-state index in [2.05, 4.69) is 74.7 Å². The van der Waals surface area contributed by atoms with Gasteiger partial charge < -0.3 is 19.4 Å². The molecule has 0 heterocycles. The second-order valence-electron chi connectivity index (χ2n) is 21.2. The number of carbonyl (C=O) groups is 2. The van der Waals surface area contributed by atoms with E-state index in [0.717, 1.165) is 64.2 Å². The third-order valence-corrected chi connectivity index (χ3v) is 13.9. The van der Waals surface area contributed by atoms with E-state index in [0.29, 0.717) is 23.9 Å². The molecule has 10 heteroatoms. The first-order valence-electron chi connectivity index (χ1n) is 29.6. The van der Waals surface area contributed by atoms with Crippen molar-refractivity contribution in [2.24, 2.45) is 0 Å². The van der Waals surface area contributed by atoms with Crippen LogP contribution in [0.15, 0.2) is 60.8 Å². The Morgan fingerprint density at radius 2 is 0.873 bits per heavy atom. The lowest BCUT2D eigenvalue weighted by atomic mass is 10.0. The van der Waals surface area contributed by atoms with Gasteiger partial charge >= 0.3 is 13.8 Å². The Bertz CT molecular complexity index is 1400. The van der Waals surface area contributed by atoms with Gasteiger partial charge in [0, 0.05) is 12.8 Å². The second kappa shape index (κ2) is 51.2. The van der Waals surface area contributed by atoms with Gasteiger partial charge in [-0.25, -0.2) is 4.57 Å². The third-order valence-electron chi connectivity index (χ3n) is 13.0. The Kier molecular flexibility index (Phi) is 49.6. The number of esters is 1. The Morgan fingerprint density at radius 3 is 1.34 bits per heavy atom. The Labute approximate surface area is 439 Å². The van der Waals surface area contributed by atoms with Crippen LogP contribution in [-0.4, -0.2) is 74.3 Å². The molecule has 0 aliphatic rings. The molecule has 0 rings (SSSR count). The molecular formula is C61H114N2O7P+. The fraction of sp³-hybridized carbons (Fsp3) is 0.803. The summed E-state index contributed by atoms with van der Waals surface area (Å²) >= 11 is 0. The number of rotatable bonds is 53. The number of unbranched alkanes of at least 4 members (excludes halogenated alkanes) is 29. The number of allylic oxidation sites excluding steroid dienone is 9. The number of phosphoric acid groups is 1. The van der Waals surface area contributed by atoms with E-state index >= 15 is 0 Å². The van der Waals surface area contributed by atoms with Crippen molar-refractivity contribution in [3.05, 3.63) is 60.8 Å². The van der Waals surface area contributed by atoms with Crippen LogP contribution in [0.5, 0.6) is 0 Å². The zero-order valence-corrected chi connectivity index (χ0v) is 48.1. The van der Waals surface area contributed by atoms with Crippen molar-refractivity contribution < 1.29 is 37.3 Å². The zero-order chi connectivity index (χ0) is 52.2. The predicted molar refractivity (Wildman–Crippen MR) is 305 cm³/mol. The van der Waals surface area contributed by atoms with Crippen LogP contribution < -0.4 is 5.32 Å². The molecule has 71 heavy (non-hydrogen) atoms. The molecule has 0 aromatic heterocycles. The van der Waals surface area contributed by atoms with E-state index in [4.69, 9.17) is 13.8 Å². The fourth-order valence-electron chi connectivity index (χ4n) is 8.34. The third kappa shape index (κ3) is 52.4. The molecule has 0 fully saturated rings. The summed E-state index contributed by atoms with van der Waals surface area (Å²) in [6, 6.07) is -0.868. The minimum absolute atomic E-state index is 0.0319. The molecule has 0 aromatic carbocycles. The fourth-order valence-corrected chi connectivity index (χ4v) is 9.08. The highest BCUT2D eigenvalue weighted by Gasteiger charge is 2.30. The highest BCUT2D eigenvalue weighted by atomic mass is 31.2. The van der Waals surface area contributed by atoms with E-state index in [9.17, 15) is 19.0 Å². The summed E-state index contributed by atoms with van der Waals surface area (Å²) in [6.45, 7) is 6.95. The molecule has 3 atom stereocenters. The Balaban J connectivity index is 5.36. The van der Waals surface area contributed by atoms with Gasteiger partial charge in [0.05, 0.1) is 33.8 Å². The van der Waals surface area contributed by atoms with Crippen LogP contribution in [-0.2, 0) is 27.9 Å². The van der Waals surface area contributed by atoms with Gasteiger partial charge in [-0.1, -0.05) is 242 Å². The lowest BCUT2D eigenvalue weighted by Gasteiger charge is -2.27. The van der Waals surface area contributed by atoms with Crippen molar-refractivity contribution >= 4 is 19.7 Å². The molecule has 0 aliphatic carbocycles. The number of quaternary nitrogens is 1. The average Bonchev–Trinajstić information content (AvgIpc) is 3.33. The molecule has 2 N–H and O–H groups in total. The van der Waals surface area contributed by atoms with Gasteiger partial charge in [-0.05, 0) is 70.3 Å². The van der Waals surface area contributed by atoms with Gasteiger partial charge in [0.1, 0.15) is 19.3 Å². The summed E-state index contributed by atoms with van der Waals surface area (Å²) in [5.74, 6) is -0.565. The van der Waals surface area contributed by atoms with Gasteiger partial charge in [0.2, 0.25) is 5.91 Å². The zero-order valence-electron chi connectivity index (χ0n) is 47.2. The van der Waals surface area contributed by atoms with Crippen LogP contribution in [0.3, 0.4) is 0 Å². The van der Waals surface area contributed by atoms with Crippen LogP contribution in [0, 0.1) is 0 Å². The molecule has 9 nitrogen and oxygen atoms in total. The highest BCUT2D eigenvalue weighted by Crippen LogP contribution is 2.43. The van der Waals surface area contributed by atoms with Crippen LogP contribution >= 0.6 is 7.82 Å². The lowest BCUT2D eigenvalue weighted by molar-refractivity contribution is -0.870. The van der Waals surface area contributed by atoms with E-state index in [1.165, 1.54) is 161 Å². The van der Waals surface area contributed by atoms with Crippen molar-refractivity contribution in [1.82, 2.24) is 5.32 Å². The molecule has 1 amide bonds. The van der Waals surface area contributed by atoms with Gasteiger partial charge in [-0.15, -0.1) is 0 Å². The monoisotopic (exact) mass is 1020 g/mol. The molecular weight excluding hydrogens is 904 g/mol. The van der Waals surface area contributed by atoms with Crippen molar-refractivity contribution in [3.8, 4) is 0 Å². The van der Waals surface area contributed by atoms with Gasteiger partial charge in [-0.2, -0.15) is 0 Å². The molecule has 0 spiro atoms. The number of hydrogen-bond donors (Lipinski definition) is 2. The molecule has 0 saturated carbocycles. The van der Waals surface area contributed by atoms with Gasteiger partial charge in [0.25, 0.3) is 0 Å². The van der Waals surface area contributed by atoms with E-state index in [1.54, 1.807) is 0 Å². The Hall–Kier alpha value is -2.29. The SMILES string of the molecule is CCCCC/C=C\C/C=C\C/C=C\C/C=C\CCCC(=O)OC(/C=C/CCCCCCCCCCC)C(COP(=O)(O)OCC[N+](C)(C)C)NC(=O)CCCCCCCCCCCCCCCCCCC. The summed E-state index contributed by atoms with van der Waals surface area (Å²) < 4.78 is 30.6. The normalized spacial score (nSPS) is 14.2. The number of hydrogen-bond acceptors (Lipinski definition) is 6. The summed E-state index contributed by atoms with van der Waals surface area (Å²) in [5, 5.41) is 3.04. The highest BCUT2D eigenvalue weighted by molar-refractivity contribution is 7.47. The summed E-state index contributed by atoms with van der Waals surface area (Å²) in [4.78, 5) is 37.6. The average molecular weight is 1020 g/mol. The molecule has 0 aliphatic heterocycles. The lowest BCUT2D eigenvalue weighted by Crippen LogP contribution is -2.47. The van der Waals surface area contributed by atoms with Crippen molar-refractivity contribution in [2.75, 3.05) is 40.9 Å². The molecule has 0 saturated heterocycles. The molecule has 3 unspecified atom stereocenters. The van der Waals surface area contributed by atoms with Crippen molar-refractivity contribution in [2.45, 2.75) is 277 Å². The standard InChI is InChI=1S/C61H113N2O7P/c1-7-10-13-16-19-22-25-27-29-31-33-35-38-41-44-47-50-53-60(64)62-58(57-69-71(66,67)68-56-55-63(4,5)6)59(52-49-46-43-40-37-24-21-18-15-12-9-3)70-61(65)54-51-48-45-42-39-36-34-32-30-28-26-23-20-17-14-11-8-2/h20,23,28,30,34,36,42,45,49,52,58-59H,7-19,21-22,24-27,29,31-33,35,37-41,43-44,46-48,50-51,53-57H2,1-6H3,(H-,62,64,66,67)/p+1/b23-20-,30-28-,36-34-,45-42-,52-49+. The maximum absolute atomic E-state index is 13.5. The summed E-state index contributed by atoms with van der Waals surface area (Å²) in [6.07, 6.45) is 63.6. The number of likely N-dealkylation sites (N-methyl/N-ethyl adjacent to an activating group) is 1. The van der Waals surface area contributed by atoms with Crippen LogP contribution in [0.2, 0.25) is 0 Å². The molecule has 0 bridgehead atoms. The predicted octanol–water partition coefficient (Wildman–Crippen LogP) is 17.9. The van der Waals surface area contributed by atoms with E-state index in [-0.39, 0.29) is 31.5 Å². The molecule has 414 valence electrons. The number of carbonyl (C=O) groups excluding carboxylic acids is 2. The number of phosphoric ester groups is 1. The minimum atomic E-state index is -4.45. The number of nitrogens with one attached hydrogen (secondary N) is 1. The largest absolute Gasteiger partial charge is 0.472 e. The quantitative estimate of drug-likeness (QED) is 0.0205. The van der Waals surface area contributed by atoms with Crippen molar-refractivity contribution in [3.63, 3.8) is 0 Å². The topological polar surface area (TPSA) is 111 Å². The first kappa shape index (κ1) is 68.7. The van der Waals surface area contributed by atoms with Crippen molar-refractivity contribution in [1.29, 1.82) is 0 Å². The minimum Gasteiger partial charge on any atom is -0.456 e. The van der Waals surface area contributed by atoms with Gasteiger partial charge in [-0.3, -0.25) is 18.6 Å². The molecule has 0 radical (unpaired) electrons.